The van der Waals surface area contributed by atoms with Gasteiger partial charge in [0.25, 0.3) is 0 Å². The van der Waals surface area contributed by atoms with Gasteiger partial charge in [0.2, 0.25) is 11.8 Å². The van der Waals surface area contributed by atoms with E-state index in [2.05, 4.69) is 4.98 Å². The second kappa shape index (κ2) is 4.40. The summed E-state index contributed by atoms with van der Waals surface area (Å²) in [5.41, 5.74) is 0.475. The van der Waals surface area contributed by atoms with Crippen LogP contribution in [0.2, 0.25) is 0 Å². The van der Waals surface area contributed by atoms with Crippen LogP contribution >= 0.6 is 0 Å². The van der Waals surface area contributed by atoms with Gasteiger partial charge in [0, 0.05) is 5.41 Å². The number of pyridine rings is 1. The van der Waals surface area contributed by atoms with Gasteiger partial charge < -0.3 is 9.64 Å². The lowest BCUT2D eigenvalue weighted by Gasteiger charge is -2.33. The molecule has 18 heavy (non-hydrogen) atoms. The molecule has 0 saturated carbocycles. The van der Waals surface area contributed by atoms with Crippen LogP contribution < -0.4 is 9.64 Å². The summed E-state index contributed by atoms with van der Waals surface area (Å²) in [4.78, 5) is 28.7. The molecule has 0 aromatic carbocycles. The topological polar surface area (TPSA) is 59.5 Å². The monoisotopic (exact) mass is 248 g/mol. The largest absolute Gasteiger partial charge is 0.474 e. The standard InChI is InChI=1S/C13H16N2O3/c1-13(2,3)12(17)15-6-7-18-11-10(15)5-4-9(8-16)14-11/h4-5,8H,6-7H2,1-3H3. The van der Waals surface area contributed by atoms with Crippen LogP contribution in [-0.2, 0) is 4.79 Å². The quantitative estimate of drug-likeness (QED) is 0.709. The fraction of sp³-hybridized carbons (Fsp3) is 0.462. The van der Waals surface area contributed by atoms with Crippen LogP contribution in [0.25, 0.3) is 0 Å². The van der Waals surface area contributed by atoms with Crippen molar-refractivity contribution in [1.29, 1.82) is 0 Å². The van der Waals surface area contributed by atoms with Gasteiger partial charge in [0.15, 0.2) is 6.29 Å². The molecule has 2 rings (SSSR count). The summed E-state index contributed by atoms with van der Waals surface area (Å²) in [7, 11) is 0. The molecule has 2 heterocycles. The molecule has 0 bridgehead atoms. The Morgan fingerprint density at radius 1 is 1.44 bits per heavy atom. The maximum Gasteiger partial charge on any atom is 0.238 e. The Kier molecular flexibility index (Phi) is 3.07. The molecule has 0 N–H and O–H groups in total. The lowest BCUT2D eigenvalue weighted by molar-refractivity contribution is -0.126. The van der Waals surface area contributed by atoms with E-state index in [1.807, 2.05) is 20.8 Å². The maximum atomic E-state index is 12.3. The van der Waals surface area contributed by atoms with Gasteiger partial charge in [-0.3, -0.25) is 9.59 Å². The SMILES string of the molecule is CC(C)(C)C(=O)N1CCOc2nc(C=O)ccc21. The predicted molar refractivity (Wildman–Crippen MR) is 66.9 cm³/mol. The molecule has 5 heteroatoms. The fourth-order valence-corrected chi connectivity index (χ4v) is 1.79. The third kappa shape index (κ3) is 2.20. The van der Waals surface area contributed by atoms with E-state index in [0.717, 1.165) is 0 Å². The van der Waals surface area contributed by atoms with Crippen molar-refractivity contribution in [2.75, 3.05) is 18.1 Å². The highest BCUT2D eigenvalue weighted by molar-refractivity contribution is 5.98. The second-order valence-electron chi connectivity index (χ2n) is 5.23. The van der Waals surface area contributed by atoms with Crippen molar-refractivity contribution >= 4 is 17.9 Å². The first-order valence-corrected chi connectivity index (χ1v) is 5.84. The van der Waals surface area contributed by atoms with Crippen molar-refractivity contribution in [3.63, 3.8) is 0 Å². The van der Waals surface area contributed by atoms with Crippen molar-refractivity contribution in [2.24, 2.45) is 5.41 Å². The number of aromatic nitrogens is 1. The molecule has 0 fully saturated rings. The number of carbonyl (C=O) groups is 2. The Morgan fingerprint density at radius 2 is 2.17 bits per heavy atom. The Labute approximate surface area is 106 Å². The van der Waals surface area contributed by atoms with Gasteiger partial charge in [-0.25, -0.2) is 4.98 Å². The van der Waals surface area contributed by atoms with Crippen molar-refractivity contribution in [1.82, 2.24) is 4.98 Å². The van der Waals surface area contributed by atoms with Crippen LogP contribution in [0.5, 0.6) is 5.88 Å². The van der Waals surface area contributed by atoms with E-state index >= 15 is 0 Å². The highest BCUT2D eigenvalue weighted by Gasteiger charge is 2.32. The number of nitrogens with zero attached hydrogens (tertiary/aromatic N) is 2. The smallest absolute Gasteiger partial charge is 0.238 e. The Balaban J connectivity index is 2.40. The molecule has 0 unspecified atom stereocenters. The van der Waals surface area contributed by atoms with E-state index in [0.29, 0.717) is 36.7 Å². The van der Waals surface area contributed by atoms with E-state index in [1.54, 1.807) is 17.0 Å². The summed E-state index contributed by atoms with van der Waals surface area (Å²) in [5.74, 6) is 0.371. The number of aldehydes is 1. The van der Waals surface area contributed by atoms with Crippen LogP contribution in [0.15, 0.2) is 12.1 Å². The highest BCUT2D eigenvalue weighted by Crippen LogP contribution is 2.32. The average Bonchev–Trinajstić information content (AvgIpc) is 2.35. The number of fused-ring (bicyclic) bond motifs is 1. The van der Waals surface area contributed by atoms with Crippen LogP contribution in [-0.4, -0.2) is 30.3 Å². The van der Waals surface area contributed by atoms with Crippen molar-refractivity contribution < 1.29 is 14.3 Å². The minimum absolute atomic E-state index is 0.0210. The summed E-state index contributed by atoms with van der Waals surface area (Å²) >= 11 is 0. The summed E-state index contributed by atoms with van der Waals surface area (Å²) in [6.07, 6.45) is 0.661. The minimum atomic E-state index is -0.460. The highest BCUT2D eigenvalue weighted by atomic mass is 16.5. The molecule has 0 atom stereocenters. The lowest BCUT2D eigenvalue weighted by Crippen LogP contribution is -2.44. The van der Waals surface area contributed by atoms with Crippen molar-refractivity contribution in [2.45, 2.75) is 20.8 Å². The number of amides is 1. The molecule has 0 aliphatic carbocycles. The summed E-state index contributed by atoms with van der Waals surface area (Å²) in [5, 5.41) is 0. The van der Waals surface area contributed by atoms with E-state index in [4.69, 9.17) is 4.74 Å². The van der Waals surface area contributed by atoms with Crippen LogP contribution in [0, 0.1) is 5.41 Å². The molecule has 96 valence electrons. The average molecular weight is 248 g/mol. The second-order valence-corrected chi connectivity index (χ2v) is 5.23. The van der Waals surface area contributed by atoms with Crippen molar-refractivity contribution in [3.8, 4) is 5.88 Å². The van der Waals surface area contributed by atoms with E-state index < -0.39 is 5.41 Å². The molecule has 1 aliphatic rings. The molecule has 1 aliphatic heterocycles. The third-order valence-corrected chi connectivity index (χ3v) is 2.71. The number of hydrogen-bond donors (Lipinski definition) is 0. The van der Waals surface area contributed by atoms with E-state index in [9.17, 15) is 9.59 Å². The predicted octanol–water partition coefficient (Wildman–Crippen LogP) is 1.67. The zero-order valence-corrected chi connectivity index (χ0v) is 10.8. The molecule has 5 nitrogen and oxygen atoms in total. The molecular weight excluding hydrogens is 232 g/mol. The van der Waals surface area contributed by atoms with Gasteiger partial charge in [-0.05, 0) is 12.1 Å². The molecular formula is C13H16N2O3. The van der Waals surface area contributed by atoms with Gasteiger partial charge >= 0.3 is 0 Å². The van der Waals surface area contributed by atoms with E-state index in [-0.39, 0.29) is 5.91 Å². The van der Waals surface area contributed by atoms with Gasteiger partial charge in [-0.1, -0.05) is 20.8 Å². The number of ether oxygens (including phenoxy) is 1. The minimum Gasteiger partial charge on any atom is -0.474 e. The summed E-state index contributed by atoms with van der Waals surface area (Å²) < 4.78 is 5.40. The zero-order valence-electron chi connectivity index (χ0n) is 10.8. The number of rotatable bonds is 1. The molecule has 1 amide bonds. The summed E-state index contributed by atoms with van der Waals surface area (Å²) in [6.45, 7) is 6.52. The fourth-order valence-electron chi connectivity index (χ4n) is 1.79. The maximum absolute atomic E-state index is 12.3. The third-order valence-electron chi connectivity index (χ3n) is 2.71. The van der Waals surface area contributed by atoms with Crippen molar-refractivity contribution in [3.05, 3.63) is 17.8 Å². The zero-order chi connectivity index (χ0) is 13.3. The molecule has 1 aromatic heterocycles. The Hall–Kier alpha value is -1.91. The Morgan fingerprint density at radius 3 is 2.78 bits per heavy atom. The van der Waals surface area contributed by atoms with Crippen LogP contribution in [0.1, 0.15) is 31.3 Å². The number of anilines is 1. The molecule has 1 aromatic rings. The Bertz CT molecular complexity index is 491. The number of carbonyl (C=O) groups excluding carboxylic acids is 2. The van der Waals surface area contributed by atoms with E-state index in [1.165, 1.54) is 0 Å². The first-order valence-electron chi connectivity index (χ1n) is 5.84. The molecule has 0 radical (unpaired) electrons. The van der Waals surface area contributed by atoms with Gasteiger partial charge in [0.05, 0.1) is 6.54 Å². The van der Waals surface area contributed by atoms with Gasteiger partial charge in [0.1, 0.15) is 18.0 Å². The first-order chi connectivity index (χ1) is 8.43. The number of hydrogen-bond acceptors (Lipinski definition) is 4. The molecule has 0 saturated heterocycles. The van der Waals surface area contributed by atoms with Gasteiger partial charge in [-0.2, -0.15) is 0 Å². The van der Waals surface area contributed by atoms with Crippen LogP contribution in [0.4, 0.5) is 5.69 Å². The molecule has 0 spiro atoms. The van der Waals surface area contributed by atoms with Gasteiger partial charge in [-0.15, -0.1) is 0 Å². The van der Waals surface area contributed by atoms with Crippen LogP contribution in [0.3, 0.4) is 0 Å². The normalized spacial score (nSPS) is 14.7. The summed E-state index contributed by atoms with van der Waals surface area (Å²) in [6, 6.07) is 3.29. The first kappa shape index (κ1) is 12.5. The lowest BCUT2D eigenvalue weighted by atomic mass is 9.94.